The molecule has 0 aromatic heterocycles. The molecule has 2 atom stereocenters. The molecule has 0 aliphatic carbocycles. The van der Waals surface area contributed by atoms with Crippen molar-refractivity contribution >= 4 is 12.2 Å². The van der Waals surface area contributed by atoms with Crippen molar-refractivity contribution in [2.24, 2.45) is 0 Å². The van der Waals surface area contributed by atoms with Gasteiger partial charge in [-0.2, -0.15) is 0 Å². The third-order valence-corrected chi connectivity index (χ3v) is 3.63. The van der Waals surface area contributed by atoms with Crippen LogP contribution in [0.4, 0.5) is 9.59 Å². The average molecular weight is 262 g/mol. The van der Waals surface area contributed by atoms with Gasteiger partial charge in [0.2, 0.25) is 0 Å². The Morgan fingerprint density at radius 2 is 2.00 bits per heavy atom. The Bertz CT molecular complexity index is 505. The molecular weight excluding hydrogens is 248 g/mol. The van der Waals surface area contributed by atoms with E-state index in [1.807, 2.05) is 30.3 Å². The standard InChI is InChI=1S/C13H14N2O4/c16-12(17)14-6-7-15-10(8-14)11(19-13(15)18)9-4-2-1-3-5-9/h1-5,10-11H,6-8H2,(H,16,17). The molecular formula is C13H14N2O4. The van der Waals surface area contributed by atoms with Gasteiger partial charge in [-0.25, -0.2) is 9.59 Å². The summed E-state index contributed by atoms with van der Waals surface area (Å²) >= 11 is 0. The zero-order chi connectivity index (χ0) is 13.4. The number of benzene rings is 1. The van der Waals surface area contributed by atoms with Crippen LogP contribution >= 0.6 is 0 Å². The summed E-state index contributed by atoms with van der Waals surface area (Å²) in [4.78, 5) is 25.8. The highest BCUT2D eigenvalue weighted by atomic mass is 16.6. The van der Waals surface area contributed by atoms with Crippen molar-refractivity contribution in [1.82, 2.24) is 9.80 Å². The van der Waals surface area contributed by atoms with Crippen LogP contribution in [-0.2, 0) is 4.74 Å². The number of fused-ring (bicyclic) bond motifs is 1. The molecule has 1 aromatic rings. The van der Waals surface area contributed by atoms with Crippen molar-refractivity contribution in [3.63, 3.8) is 0 Å². The summed E-state index contributed by atoms with van der Waals surface area (Å²) < 4.78 is 5.39. The second-order valence-corrected chi connectivity index (χ2v) is 4.70. The number of hydrogen-bond acceptors (Lipinski definition) is 3. The zero-order valence-corrected chi connectivity index (χ0v) is 10.2. The van der Waals surface area contributed by atoms with E-state index in [1.165, 1.54) is 4.90 Å². The molecule has 0 saturated carbocycles. The Morgan fingerprint density at radius 3 is 2.68 bits per heavy atom. The summed E-state index contributed by atoms with van der Waals surface area (Å²) in [7, 11) is 0. The molecule has 2 saturated heterocycles. The maximum Gasteiger partial charge on any atom is 0.410 e. The van der Waals surface area contributed by atoms with Crippen LogP contribution in [0.25, 0.3) is 0 Å². The summed E-state index contributed by atoms with van der Waals surface area (Å²) in [5.74, 6) is 0. The number of carbonyl (C=O) groups excluding carboxylic acids is 1. The van der Waals surface area contributed by atoms with Crippen molar-refractivity contribution in [3.05, 3.63) is 35.9 Å². The Kier molecular flexibility index (Phi) is 2.77. The summed E-state index contributed by atoms with van der Waals surface area (Å²) in [5, 5.41) is 9.06. The average Bonchev–Trinajstić information content (AvgIpc) is 2.77. The molecule has 19 heavy (non-hydrogen) atoms. The van der Waals surface area contributed by atoms with Crippen molar-refractivity contribution in [1.29, 1.82) is 0 Å². The van der Waals surface area contributed by atoms with Crippen molar-refractivity contribution in [2.45, 2.75) is 12.1 Å². The van der Waals surface area contributed by atoms with Gasteiger partial charge in [-0.1, -0.05) is 30.3 Å². The van der Waals surface area contributed by atoms with Gasteiger partial charge in [0.15, 0.2) is 6.10 Å². The van der Waals surface area contributed by atoms with Crippen LogP contribution in [0.5, 0.6) is 0 Å². The second-order valence-electron chi connectivity index (χ2n) is 4.70. The monoisotopic (exact) mass is 262 g/mol. The van der Waals surface area contributed by atoms with Gasteiger partial charge in [-0.3, -0.25) is 4.90 Å². The van der Waals surface area contributed by atoms with Crippen LogP contribution in [-0.4, -0.2) is 52.8 Å². The minimum absolute atomic E-state index is 0.236. The lowest BCUT2D eigenvalue weighted by Crippen LogP contribution is -2.53. The Morgan fingerprint density at radius 1 is 1.26 bits per heavy atom. The summed E-state index contributed by atoms with van der Waals surface area (Å²) in [6.45, 7) is 1.02. The van der Waals surface area contributed by atoms with Gasteiger partial charge in [-0.05, 0) is 5.56 Å². The lowest BCUT2D eigenvalue weighted by molar-refractivity contribution is 0.0891. The minimum Gasteiger partial charge on any atom is -0.465 e. The van der Waals surface area contributed by atoms with Gasteiger partial charge < -0.3 is 14.7 Å². The normalized spacial score (nSPS) is 26.0. The van der Waals surface area contributed by atoms with Crippen LogP contribution in [0.3, 0.4) is 0 Å². The van der Waals surface area contributed by atoms with E-state index in [9.17, 15) is 9.59 Å². The molecule has 3 rings (SSSR count). The highest BCUT2D eigenvalue weighted by Crippen LogP contribution is 2.34. The number of hydrogen-bond donors (Lipinski definition) is 1. The number of amides is 2. The second kappa shape index (κ2) is 4.46. The van der Waals surface area contributed by atoms with Crippen LogP contribution in [0, 0.1) is 0 Å². The third kappa shape index (κ3) is 1.99. The van der Waals surface area contributed by atoms with E-state index < -0.39 is 12.2 Å². The fourth-order valence-electron chi connectivity index (χ4n) is 2.66. The smallest absolute Gasteiger partial charge is 0.410 e. The minimum atomic E-state index is -0.953. The van der Waals surface area contributed by atoms with E-state index in [0.717, 1.165) is 5.56 Å². The maximum atomic E-state index is 11.8. The molecule has 2 unspecified atom stereocenters. The molecule has 0 radical (unpaired) electrons. The van der Waals surface area contributed by atoms with E-state index in [1.54, 1.807) is 4.90 Å². The van der Waals surface area contributed by atoms with E-state index in [-0.39, 0.29) is 12.1 Å². The van der Waals surface area contributed by atoms with Crippen LogP contribution in [0.2, 0.25) is 0 Å². The molecule has 2 heterocycles. The SMILES string of the molecule is O=C(O)N1CCN2C(=O)OC(c3ccccc3)C2C1. The zero-order valence-electron chi connectivity index (χ0n) is 10.2. The molecule has 2 aliphatic heterocycles. The van der Waals surface area contributed by atoms with Gasteiger partial charge in [0.25, 0.3) is 0 Å². The maximum absolute atomic E-state index is 11.8. The predicted octanol–water partition coefficient (Wildman–Crippen LogP) is 1.54. The molecule has 0 bridgehead atoms. The lowest BCUT2D eigenvalue weighted by atomic mass is 10.0. The van der Waals surface area contributed by atoms with Crippen LogP contribution in [0.1, 0.15) is 11.7 Å². The van der Waals surface area contributed by atoms with E-state index in [2.05, 4.69) is 0 Å². The van der Waals surface area contributed by atoms with E-state index in [4.69, 9.17) is 9.84 Å². The molecule has 100 valence electrons. The number of piperazine rings is 1. The molecule has 1 N–H and O–H groups in total. The summed E-state index contributed by atoms with van der Waals surface area (Å²) in [6, 6.07) is 9.19. The van der Waals surface area contributed by atoms with Crippen molar-refractivity contribution < 1.29 is 19.4 Å². The van der Waals surface area contributed by atoms with Crippen molar-refractivity contribution in [3.8, 4) is 0 Å². The van der Waals surface area contributed by atoms with Gasteiger partial charge in [0.1, 0.15) is 0 Å². The van der Waals surface area contributed by atoms with Gasteiger partial charge in [0.05, 0.1) is 6.04 Å². The first-order valence-corrected chi connectivity index (χ1v) is 6.17. The summed E-state index contributed by atoms with van der Waals surface area (Å²) in [5.41, 5.74) is 0.899. The Hall–Kier alpha value is -2.24. The highest BCUT2D eigenvalue weighted by molar-refractivity contribution is 5.72. The summed E-state index contributed by atoms with van der Waals surface area (Å²) in [6.07, 6.45) is -1.70. The number of carboxylic acid groups (broad SMARTS) is 1. The molecule has 0 spiro atoms. The molecule has 2 fully saturated rings. The molecule has 2 aliphatic rings. The fourth-order valence-corrected chi connectivity index (χ4v) is 2.66. The molecule has 6 nitrogen and oxygen atoms in total. The number of cyclic esters (lactones) is 1. The molecule has 1 aromatic carbocycles. The predicted molar refractivity (Wildman–Crippen MR) is 65.8 cm³/mol. The number of nitrogens with zero attached hydrogens (tertiary/aromatic N) is 2. The van der Waals surface area contributed by atoms with Crippen LogP contribution < -0.4 is 0 Å². The first-order chi connectivity index (χ1) is 9.16. The number of carbonyl (C=O) groups is 2. The quantitative estimate of drug-likeness (QED) is 0.833. The molecule has 6 heteroatoms. The lowest BCUT2D eigenvalue weighted by Gasteiger charge is -2.35. The third-order valence-electron chi connectivity index (χ3n) is 3.63. The Balaban J connectivity index is 1.86. The van der Waals surface area contributed by atoms with E-state index in [0.29, 0.717) is 19.6 Å². The van der Waals surface area contributed by atoms with E-state index >= 15 is 0 Å². The molecule has 2 amide bonds. The number of rotatable bonds is 1. The van der Waals surface area contributed by atoms with Gasteiger partial charge >= 0.3 is 12.2 Å². The Labute approximate surface area is 110 Å². The largest absolute Gasteiger partial charge is 0.465 e. The highest BCUT2D eigenvalue weighted by Gasteiger charge is 2.46. The number of ether oxygens (including phenoxy) is 1. The van der Waals surface area contributed by atoms with Gasteiger partial charge in [-0.15, -0.1) is 0 Å². The van der Waals surface area contributed by atoms with Crippen LogP contribution in [0.15, 0.2) is 30.3 Å². The first-order valence-electron chi connectivity index (χ1n) is 6.17. The van der Waals surface area contributed by atoms with Crippen molar-refractivity contribution in [2.75, 3.05) is 19.6 Å². The fraction of sp³-hybridized carbons (Fsp3) is 0.385. The first kappa shape index (κ1) is 11.8. The topological polar surface area (TPSA) is 70.1 Å². The van der Waals surface area contributed by atoms with Gasteiger partial charge in [0, 0.05) is 19.6 Å².